The van der Waals surface area contributed by atoms with Crippen molar-refractivity contribution in [3.05, 3.63) is 118 Å². The molecule has 2 unspecified atom stereocenters. The van der Waals surface area contributed by atoms with Crippen LogP contribution in [0.4, 0.5) is 0 Å². The lowest BCUT2D eigenvalue weighted by Crippen LogP contribution is -2.13. The zero-order chi connectivity index (χ0) is 22.8. The van der Waals surface area contributed by atoms with Crippen molar-refractivity contribution in [2.24, 2.45) is 0 Å². The fourth-order valence-electron chi connectivity index (χ4n) is 5.55. The van der Waals surface area contributed by atoms with Crippen LogP contribution in [-0.2, 0) is 0 Å². The van der Waals surface area contributed by atoms with Crippen LogP contribution in [0.15, 0.2) is 95.5 Å². The van der Waals surface area contributed by atoms with Crippen LogP contribution in [0, 0.1) is 12.3 Å². The van der Waals surface area contributed by atoms with E-state index in [1.165, 1.54) is 49.4 Å². The Morgan fingerprint density at radius 3 is 2.29 bits per heavy atom. The zero-order valence-corrected chi connectivity index (χ0v) is 19.8. The Hall–Kier alpha value is -3.80. The molecule has 34 heavy (non-hydrogen) atoms. The van der Waals surface area contributed by atoms with Crippen molar-refractivity contribution < 1.29 is 4.74 Å². The van der Waals surface area contributed by atoms with Gasteiger partial charge in [0.25, 0.3) is 0 Å². The van der Waals surface area contributed by atoms with Crippen LogP contribution in [0.3, 0.4) is 0 Å². The number of halogens is 1. The molecule has 0 aromatic heterocycles. The van der Waals surface area contributed by atoms with E-state index in [1.807, 2.05) is 12.1 Å². The molecule has 0 bridgehead atoms. The number of fused-ring (bicyclic) bond motifs is 8. The van der Waals surface area contributed by atoms with Gasteiger partial charge in [0.2, 0.25) is 0 Å². The third-order valence-corrected chi connectivity index (χ3v) is 7.98. The molecule has 0 fully saturated rings. The summed E-state index contributed by atoms with van der Waals surface area (Å²) in [6.45, 7) is 0. The number of benzene rings is 5. The van der Waals surface area contributed by atoms with Crippen LogP contribution in [0.2, 0.25) is 0 Å². The summed E-state index contributed by atoms with van der Waals surface area (Å²) in [6.07, 6.45) is 10.1. The van der Waals surface area contributed by atoms with Gasteiger partial charge >= 0.3 is 0 Å². The van der Waals surface area contributed by atoms with Gasteiger partial charge in [0.1, 0.15) is 11.9 Å². The molecule has 1 aliphatic heterocycles. The average Bonchev–Trinajstić information content (AvgIpc) is 3.27. The van der Waals surface area contributed by atoms with Gasteiger partial charge in [0.05, 0.1) is 0 Å². The fraction of sp³-hybridized carbons (Fsp3) is 0.0625. The summed E-state index contributed by atoms with van der Waals surface area (Å²) in [6, 6.07) is 30.1. The summed E-state index contributed by atoms with van der Waals surface area (Å²) in [5, 5.41) is 4.98. The molecule has 1 nitrogen and oxygen atoms in total. The lowest BCUT2D eigenvalue weighted by atomic mass is 9.82. The third-order valence-electron chi connectivity index (χ3n) is 7.15. The maximum Gasteiger partial charge on any atom is 0.135 e. The normalized spacial score (nSPS) is 17.6. The molecule has 2 atom stereocenters. The Bertz CT molecular complexity index is 1720. The molecule has 1 heterocycles. The van der Waals surface area contributed by atoms with Crippen molar-refractivity contribution in [2.75, 3.05) is 0 Å². The molecule has 0 saturated heterocycles. The Balaban J connectivity index is 1.44. The standard InChI is InChI=1S/C32H19BrO/c1-2-19-11-15-24-27-16-14-20-12-13-21(18-28(20)32(27)34-29(24)17-19)30-25-9-5-3-7-22(25)23-8-4-6-10-26(23)31(30)33/h1,3-18,27,32H. The molecule has 2 heteroatoms. The van der Waals surface area contributed by atoms with E-state index >= 15 is 0 Å². The number of ether oxygens (including phenoxy) is 1. The van der Waals surface area contributed by atoms with E-state index in [0.29, 0.717) is 0 Å². The maximum absolute atomic E-state index is 6.50. The molecule has 160 valence electrons. The van der Waals surface area contributed by atoms with E-state index in [-0.39, 0.29) is 12.0 Å². The second-order valence-corrected chi connectivity index (χ2v) is 9.74. The van der Waals surface area contributed by atoms with Crippen molar-refractivity contribution >= 4 is 43.6 Å². The quantitative estimate of drug-likeness (QED) is 0.166. The summed E-state index contributed by atoms with van der Waals surface area (Å²) in [5.74, 6) is 3.81. The van der Waals surface area contributed by atoms with E-state index in [9.17, 15) is 0 Å². The molecule has 7 rings (SSSR count). The van der Waals surface area contributed by atoms with Gasteiger partial charge in [-0.05, 0) is 66.8 Å². The second-order valence-electron chi connectivity index (χ2n) is 8.94. The summed E-state index contributed by atoms with van der Waals surface area (Å²) in [4.78, 5) is 0. The first-order valence-corrected chi connectivity index (χ1v) is 12.2. The highest BCUT2D eigenvalue weighted by Crippen LogP contribution is 2.51. The van der Waals surface area contributed by atoms with Gasteiger partial charge in [-0.25, -0.2) is 0 Å². The van der Waals surface area contributed by atoms with Gasteiger partial charge in [-0.1, -0.05) is 84.8 Å². The molecule has 2 aliphatic rings. The van der Waals surface area contributed by atoms with Crippen molar-refractivity contribution in [2.45, 2.75) is 12.0 Å². The summed E-state index contributed by atoms with van der Waals surface area (Å²) in [5.41, 5.74) is 6.87. The average molecular weight is 499 g/mol. The van der Waals surface area contributed by atoms with Crippen molar-refractivity contribution in [1.29, 1.82) is 0 Å². The molecule has 5 aromatic rings. The highest BCUT2D eigenvalue weighted by Gasteiger charge is 2.37. The van der Waals surface area contributed by atoms with E-state index in [1.54, 1.807) is 0 Å². The van der Waals surface area contributed by atoms with Gasteiger partial charge in [-0.2, -0.15) is 0 Å². The van der Waals surface area contributed by atoms with E-state index in [2.05, 4.69) is 107 Å². The molecule has 1 aliphatic carbocycles. The molecule has 0 saturated carbocycles. The first-order valence-electron chi connectivity index (χ1n) is 11.4. The predicted molar refractivity (Wildman–Crippen MR) is 144 cm³/mol. The molecule has 0 N–H and O–H groups in total. The molecule has 5 aromatic carbocycles. The lowest BCUT2D eigenvalue weighted by Gasteiger charge is -2.24. The van der Waals surface area contributed by atoms with Gasteiger partial charge in [-0.3, -0.25) is 0 Å². The third kappa shape index (κ3) is 2.74. The minimum absolute atomic E-state index is 0.0477. The molecule has 0 amide bonds. The summed E-state index contributed by atoms with van der Waals surface area (Å²) in [7, 11) is 0. The van der Waals surface area contributed by atoms with Crippen molar-refractivity contribution in [3.63, 3.8) is 0 Å². The molecular weight excluding hydrogens is 480 g/mol. The first-order chi connectivity index (χ1) is 16.7. The highest BCUT2D eigenvalue weighted by molar-refractivity contribution is 9.10. The Morgan fingerprint density at radius 2 is 1.50 bits per heavy atom. The van der Waals surface area contributed by atoms with E-state index in [0.717, 1.165) is 15.8 Å². The van der Waals surface area contributed by atoms with Gasteiger partial charge in [0, 0.05) is 32.6 Å². The Kier molecular flexibility index (Phi) is 4.25. The first kappa shape index (κ1) is 19.6. The van der Waals surface area contributed by atoms with E-state index < -0.39 is 0 Å². The predicted octanol–water partition coefficient (Wildman–Crippen LogP) is 8.65. The lowest BCUT2D eigenvalue weighted by molar-refractivity contribution is 0.223. The minimum Gasteiger partial charge on any atom is -0.484 e. The second kappa shape index (κ2) is 7.35. The van der Waals surface area contributed by atoms with Crippen LogP contribution in [-0.4, -0.2) is 0 Å². The topological polar surface area (TPSA) is 9.23 Å². The number of terminal acetylenes is 1. The SMILES string of the molecule is C#Cc1ccc2c(c1)OC1c3cc(-c4c(Br)c5ccccc5c5ccccc45)ccc3C=CC21. The maximum atomic E-state index is 6.50. The van der Waals surface area contributed by atoms with Crippen molar-refractivity contribution in [3.8, 4) is 29.2 Å². The fourth-order valence-corrected chi connectivity index (χ4v) is 6.34. The van der Waals surface area contributed by atoms with E-state index in [4.69, 9.17) is 11.2 Å². The van der Waals surface area contributed by atoms with Crippen LogP contribution in [0.1, 0.15) is 34.3 Å². The van der Waals surface area contributed by atoms with Crippen molar-refractivity contribution in [1.82, 2.24) is 0 Å². The largest absolute Gasteiger partial charge is 0.484 e. The van der Waals surface area contributed by atoms with Crippen LogP contribution < -0.4 is 4.74 Å². The van der Waals surface area contributed by atoms with Gasteiger partial charge in [0.15, 0.2) is 0 Å². The summed E-state index contributed by atoms with van der Waals surface area (Å²) >= 11 is 3.97. The summed E-state index contributed by atoms with van der Waals surface area (Å²) < 4.78 is 7.62. The molecule has 0 radical (unpaired) electrons. The van der Waals surface area contributed by atoms with Crippen LogP contribution >= 0.6 is 15.9 Å². The monoisotopic (exact) mass is 498 g/mol. The minimum atomic E-state index is -0.0477. The smallest absolute Gasteiger partial charge is 0.135 e. The molecule has 0 spiro atoms. The number of hydrogen-bond acceptors (Lipinski definition) is 1. The zero-order valence-electron chi connectivity index (χ0n) is 18.3. The van der Waals surface area contributed by atoms with Gasteiger partial charge in [-0.15, -0.1) is 6.42 Å². The Labute approximate surface area is 206 Å². The van der Waals surface area contributed by atoms with Crippen LogP contribution in [0.25, 0.3) is 38.7 Å². The van der Waals surface area contributed by atoms with Gasteiger partial charge < -0.3 is 4.74 Å². The van der Waals surface area contributed by atoms with Crippen LogP contribution in [0.5, 0.6) is 5.75 Å². The number of hydrogen-bond donors (Lipinski definition) is 0. The number of rotatable bonds is 1. The molecular formula is C32H19BrO. The Morgan fingerprint density at radius 1 is 0.765 bits per heavy atom. The highest BCUT2D eigenvalue weighted by atomic mass is 79.9.